The lowest BCUT2D eigenvalue weighted by Gasteiger charge is -2.22. The van der Waals surface area contributed by atoms with Gasteiger partial charge in [-0.15, -0.1) is 0 Å². The predicted molar refractivity (Wildman–Crippen MR) is 116 cm³/mol. The standard InChI is InChI=1S/C24H26N2O4/c1-15(2)11-21(23(27)28)26-22(24(29)30)12-16-7-9-17(10-8-16)19-13-18-5-3-4-6-20(18)25-14-19/h3-10,13-15,21-22,26H,11-12H2,1-2H3,(H,27,28)(H,29,30)/t21-,22-/m0/s1. The minimum atomic E-state index is -1.06. The van der Waals surface area contributed by atoms with E-state index < -0.39 is 24.0 Å². The van der Waals surface area contributed by atoms with Gasteiger partial charge in [0, 0.05) is 17.1 Å². The zero-order chi connectivity index (χ0) is 21.7. The summed E-state index contributed by atoms with van der Waals surface area (Å²) in [5.74, 6) is -1.95. The molecule has 3 rings (SSSR count). The maximum atomic E-state index is 11.7. The van der Waals surface area contributed by atoms with Gasteiger partial charge in [-0.25, -0.2) is 0 Å². The van der Waals surface area contributed by atoms with Gasteiger partial charge in [-0.2, -0.15) is 0 Å². The van der Waals surface area contributed by atoms with E-state index >= 15 is 0 Å². The van der Waals surface area contributed by atoms with E-state index in [-0.39, 0.29) is 12.3 Å². The lowest BCUT2D eigenvalue weighted by Crippen LogP contribution is -2.48. The molecule has 0 saturated heterocycles. The first-order valence-electron chi connectivity index (χ1n) is 9.99. The first kappa shape index (κ1) is 21.5. The van der Waals surface area contributed by atoms with Gasteiger partial charge in [0.05, 0.1) is 5.52 Å². The summed E-state index contributed by atoms with van der Waals surface area (Å²) in [5, 5.41) is 22.8. The molecule has 0 aliphatic heterocycles. The molecule has 1 heterocycles. The number of para-hydroxylation sites is 1. The molecule has 6 nitrogen and oxygen atoms in total. The second kappa shape index (κ2) is 9.50. The molecule has 3 N–H and O–H groups in total. The lowest BCUT2D eigenvalue weighted by atomic mass is 9.99. The Bertz CT molecular complexity index is 1030. The predicted octanol–water partition coefficient (Wildman–Crippen LogP) is 3.99. The number of fused-ring (bicyclic) bond motifs is 1. The molecule has 0 bridgehead atoms. The van der Waals surface area contributed by atoms with Crippen molar-refractivity contribution in [1.82, 2.24) is 10.3 Å². The Balaban J connectivity index is 1.75. The van der Waals surface area contributed by atoms with Crippen molar-refractivity contribution in [1.29, 1.82) is 0 Å². The van der Waals surface area contributed by atoms with Crippen LogP contribution in [0, 0.1) is 5.92 Å². The Morgan fingerprint density at radius 2 is 1.60 bits per heavy atom. The number of aliphatic carboxylic acids is 2. The quantitative estimate of drug-likeness (QED) is 0.497. The monoisotopic (exact) mass is 406 g/mol. The summed E-state index contributed by atoms with van der Waals surface area (Å²) in [6.45, 7) is 3.82. The summed E-state index contributed by atoms with van der Waals surface area (Å²) in [6, 6.07) is 15.7. The molecule has 0 unspecified atom stereocenters. The number of carbonyl (C=O) groups is 2. The van der Waals surface area contributed by atoms with E-state index in [4.69, 9.17) is 0 Å². The molecule has 0 aliphatic rings. The van der Waals surface area contributed by atoms with E-state index in [2.05, 4.69) is 16.4 Å². The van der Waals surface area contributed by atoms with Crippen LogP contribution in [0.15, 0.2) is 60.8 Å². The van der Waals surface area contributed by atoms with Crippen LogP contribution in [-0.4, -0.2) is 39.2 Å². The van der Waals surface area contributed by atoms with Crippen LogP contribution in [0.1, 0.15) is 25.8 Å². The number of pyridine rings is 1. The van der Waals surface area contributed by atoms with Crippen LogP contribution in [-0.2, 0) is 16.0 Å². The Hall–Kier alpha value is -3.25. The van der Waals surface area contributed by atoms with E-state index in [0.29, 0.717) is 6.42 Å². The van der Waals surface area contributed by atoms with Crippen molar-refractivity contribution >= 4 is 22.8 Å². The third-order valence-electron chi connectivity index (χ3n) is 5.02. The SMILES string of the molecule is CC(C)C[C@H](N[C@@H](Cc1ccc(-c2cnc3ccccc3c2)cc1)C(=O)O)C(=O)O. The Morgan fingerprint density at radius 1 is 0.933 bits per heavy atom. The van der Waals surface area contributed by atoms with Crippen LogP contribution in [0.25, 0.3) is 22.0 Å². The van der Waals surface area contributed by atoms with Crippen LogP contribution in [0.2, 0.25) is 0 Å². The summed E-state index contributed by atoms with van der Waals surface area (Å²) in [5.41, 5.74) is 3.72. The molecular formula is C24H26N2O4. The zero-order valence-corrected chi connectivity index (χ0v) is 17.1. The van der Waals surface area contributed by atoms with Gasteiger partial charge < -0.3 is 10.2 Å². The molecule has 1 aromatic heterocycles. The van der Waals surface area contributed by atoms with Gasteiger partial charge in [0.15, 0.2) is 0 Å². The van der Waals surface area contributed by atoms with Gasteiger partial charge in [0.2, 0.25) is 0 Å². The van der Waals surface area contributed by atoms with Crippen molar-refractivity contribution < 1.29 is 19.8 Å². The van der Waals surface area contributed by atoms with Gasteiger partial charge in [-0.05, 0) is 42.0 Å². The molecule has 156 valence electrons. The first-order chi connectivity index (χ1) is 14.3. The average molecular weight is 406 g/mol. The van der Waals surface area contributed by atoms with Gasteiger partial charge in [0.1, 0.15) is 12.1 Å². The number of nitrogens with zero attached hydrogens (tertiary/aromatic N) is 1. The summed E-state index contributed by atoms with van der Waals surface area (Å²) < 4.78 is 0. The van der Waals surface area contributed by atoms with Crippen LogP contribution in [0.3, 0.4) is 0 Å². The Labute approximate surface area is 175 Å². The van der Waals surface area contributed by atoms with Crippen molar-refractivity contribution in [2.45, 2.75) is 38.8 Å². The largest absolute Gasteiger partial charge is 0.480 e. The smallest absolute Gasteiger partial charge is 0.321 e. The third kappa shape index (κ3) is 5.42. The minimum absolute atomic E-state index is 0.142. The minimum Gasteiger partial charge on any atom is -0.480 e. The van der Waals surface area contributed by atoms with E-state index in [0.717, 1.165) is 27.6 Å². The highest BCUT2D eigenvalue weighted by Crippen LogP contribution is 2.23. The molecule has 30 heavy (non-hydrogen) atoms. The number of aromatic nitrogens is 1. The van der Waals surface area contributed by atoms with E-state index in [1.54, 1.807) is 0 Å². The number of benzene rings is 2. The molecule has 0 amide bonds. The highest BCUT2D eigenvalue weighted by Gasteiger charge is 2.26. The highest BCUT2D eigenvalue weighted by molar-refractivity contribution is 5.83. The number of carboxylic acid groups (broad SMARTS) is 2. The fourth-order valence-corrected chi connectivity index (χ4v) is 3.47. The molecule has 0 spiro atoms. The second-order valence-electron chi connectivity index (χ2n) is 7.90. The van der Waals surface area contributed by atoms with E-state index in [9.17, 15) is 19.8 Å². The average Bonchev–Trinajstić information content (AvgIpc) is 2.72. The topological polar surface area (TPSA) is 99.5 Å². The lowest BCUT2D eigenvalue weighted by molar-refractivity contribution is -0.142. The molecule has 0 fully saturated rings. The van der Waals surface area contributed by atoms with Gasteiger partial charge in [-0.3, -0.25) is 19.9 Å². The number of nitrogens with one attached hydrogen (secondary N) is 1. The molecule has 2 aromatic carbocycles. The van der Waals surface area contributed by atoms with Gasteiger partial charge in [0.25, 0.3) is 0 Å². The van der Waals surface area contributed by atoms with E-state index in [1.807, 2.05) is 68.6 Å². The van der Waals surface area contributed by atoms with Crippen molar-refractivity contribution in [3.8, 4) is 11.1 Å². The van der Waals surface area contributed by atoms with Crippen LogP contribution < -0.4 is 5.32 Å². The molecule has 3 aromatic rings. The van der Waals surface area contributed by atoms with Crippen LogP contribution in [0.5, 0.6) is 0 Å². The summed E-state index contributed by atoms with van der Waals surface area (Å²) >= 11 is 0. The summed E-state index contributed by atoms with van der Waals surface area (Å²) in [7, 11) is 0. The van der Waals surface area contributed by atoms with Crippen LogP contribution >= 0.6 is 0 Å². The highest BCUT2D eigenvalue weighted by atomic mass is 16.4. The number of rotatable bonds is 9. The third-order valence-corrected chi connectivity index (χ3v) is 5.02. The number of carboxylic acids is 2. The van der Waals surface area contributed by atoms with E-state index in [1.165, 1.54) is 0 Å². The van der Waals surface area contributed by atoms with Crippen molar-refractivity contribution in [3.05, 3.63) is 66.4 Å². The van der Waals surface area contributed by atoms with Gasteiger partial charge in [-0.1, -0.05) is 56.3 Å². The summed E-state index contributed by atoms with van der Waals surface area (Å²) in [6.07, 6.45) is 2.39. The van der Waals surface area contributed by atoms with Crippen molar-refractivity contribution in [3.63, 3.8) is 0 Å². The summed E-state index contributed by atoms with van der Waals surface area (Å²) in [4.78, 5) is 27.7. The molecule has 6 heteroatoms. The normalized spacial score (nSPS) is 13.3. The number of hydrogen-bond donors (Lipinski definition) is 3. The zero-order valence-electron chi connectivity index (χ0n) is 17.1. The first-order valence-corrected chi connectivity index (χ1v) is 9.99. The second-order valence-corrected chi connectivity index (χ2v) is 7.90. The molecular weight excluding hydrogens is 380 g/mol. The Kier molecular flexibility index (Phi) is 6.79. The molecule has 0 radical (unpaired) electrons. The maximum absolute atomic E-state index is 11.7. The molecule has 0 aliphatic carbocycles. The van der Waals surface area contributed by atoms with Crippen molar-refractivity contribution in [2.24, 2.45) is 5.92 Å². The molecule has 2 atom stereocenters. The van der Waals surface area contributed by atoms with Crippen molar-refractivity contribution in [2.75, 3.05) is 0 Å². The maximum Gasteiger partial charge on any atom is 0.321 e. The number of hydrogen-bond acceptors (Lipinski definition) is 4. The van der Waals surface area contributed by atoms with Crippen LogP contribution in [0.4, 0.5) is 0 Å². The fourth-order valence-electron chi connectivity index (χ4n) is 3.47. The molecule has 0 saturated carbocycles. The Morgan fingerprint density at radius 3 is 2.23 bits per heavy atom. The fraction of sp³-hybridized carbons (Fsp3) is 0.292. The van der Waals surface area contributed by atoms with Gasteiger partial charge >= 0.3 is 11.9 Å².